The van der Waals surface area contributed by atoms with Crippen LogP contribution >= 0.6 is 0 Å². The fourth-order valence-corrected chi connectivity index (χ4v) is 2.71. The van der Waals surface area contributed by atoms with E-state index in [4.69, 9.17) is 0 Å². The van der Waals surface area contributed by atoms with Gasteiger partial charge in [-0.3, -0.25) is 4.90 Å². The molecule has 2 rings (SSSR count). The normalized spacial score (nSPS) is 19.2. The number of nitrogens with one attached hydrogen (secondary N) is 1. The standard InChI is InChI=1S/C14H21F3N4/c1-18-10-12(21-6-4-2-3-5-7-21)11-8-19-13(20-9-11)14(15,16)17/h8-9,12,18H,2-7,10H2,1H3. The summed E-state index contributed by atoms with van der Waals surface area (Å²) >= 11 is 0. The number of alkyl halides is 3. The van der Waals surface area contributed by atoms with E-state index < -0.39 is 12.0 Å². The summed E-state index contributed by atoms with van der Waals surface area (Å²) in [5.41, 5.74) is 0.735. The van der Waals surface area contributed by atoms with Gasteiger partial charge in [0.25, 0.3) is 0 Å². The Kier molecular flexibility index (Phi) is 5.52. The molecular weight excluding hydrogens is 281 g/mol. The Morgan fingerprint density at radius 1 is 1.14 bits per heavy atom. The topological polar surface area (TPSA) is 41.1 Å². The second kappa shape index (κ2) is 7.17. The van der Waals surface area contributed by atoms with Gasteiger partial charge in [-0.15, -0.1) is 0 Å². The van der Waals surface area contributed by atoms with Gasteiger partial charge in [-0.1, -0.05) is 12.8 Å². The third-order valence-corrected chi connectivity index (χ3v) is 3.79. The van der Waals surface area contributed by atoms with Gasteiger partial charge < -0.3 is 5.32 Å². The Morgan fingerprint density at radius 2 is 1.71 bits per heavy atom. The molecule has 1 atom stereocenters. The van der Waals surface area contributed by atoms with E-state index >= 15 is 0 Å². The van der Waals surface area contributed by atoms with Crippen molar-refractivity contribution in [1.82, 2.24) is 20.2 Å². The van der Waals surface area contributed by atoms with E-state index in [-0.39, 0.29) is 6.04 Å². The molecule has 1 aliphatic heterocycles. The molecular formula is C14H21F3N4. The molecule has 1 fully saturated rings. The molecule has 118 valence electrons. The SMILES string of the molecule is CNCC(c1cnc(C(F)(F)F)nc1)N1CCCCCC1. The van der Waals surface area contributed by atoms with Crippen LogP contribution < -0.4 is 5.32 Å². The van der Waals surface area contributed by atoms with Crippen molar-refractivity contribution in [3.63, 3.8) is 0 Å². The zero-order valence-electron chi connectivity index (χ0n) is 12.2. The highest BCUT2D eigenvalue weighted by Gasteiger charge is 2.34. The van der Waals surface area contributed by atoms with E-state index in [9.17, 15) is 13.2 Å². The molecule has 0 bridgehead atoms. The molecule has 0 radical (unpaired) electrons. The first-order valence-corrected chi connectivity index (χ1v) is 7.30. The van der Waals surface area contributed by atoms with Crippen LogP contribution in [0, 0.1) is 0 Å². The van der Waals surface area contributed by atoms with Crippen molar-refractivity contribution in [2.24, 2.45) is 0 Å². The summed E-state index contributed by atoms with van der Waals surface area (Å²) in [4.78, 5) is 9.28. The molecule has 1 aromatic heterocycles. The summed E-state index contributed by atoms with van der Waals surface area (Å²) < 4.78 is 37.6. The maximum Gasteiger partial charge on any atom is 0.451 e. The van der Waals surface area contributed by atoms with Crippen LogP contribution in [-0.2, 0) is 6.18 Å². The van der Waals surface area contributed by atoms with Gasteiger partial charge in [-0.2, -0.15) is 13.2 Å². The molecule has 0 aromatic carbocycles. The van der Waals surface area contributed by atoms with Crippen molar-refractivity contribution in [2.45, 2.75) is 37.9 Å². The van der Waals surface area contributed by atoms with Crippen molar-refractivity contribution in [3.8, 4) is 0 Å². The third kappa shape index (κ3) is 4.38. The monoisotopic (exact) mass is 302 g/mol. The Bertz CT molecular complexity index is 425. The number of hydrogen-bond acceptors (Lipinski definition) is 4. The molecule has 0 amide bonds. The van der Waals surface area contributed by atoms with Crippen molar-refractivity contribution in [2.75, 3.05) is 26.7 Å². The van der Waals surface area contributed by atoms with E-state index in [0.717, 1.165) is 31.5 Å². The van der Waals surface area contributed by atoms with Crippen molar-refractivity contribution >= 4 is 0 Å². The van der Waals surface area contributed by atoms with Crippen LogP contribution in [0.3, 0.4) is 0 Å². The number of nitrogens with zero attached hydrogens (tertiary/aromatic N) is 3. The fourth-order valence-electron chi connectivity index (χ4n) is 2.71. The first-order valence-electron chi connectivity index (χ1n) is 7.30. The number of rotatable bonds is 4. The predicted octanol–water partition coefficient (Wildman–Crippen LogP) is 2.63. The summed E-state index contributed by atoms with van der Waals surface area (Å²) in [5, 5.41) is 3.11. The first-order chi connectivity index (χ1) is 10.0. The second-order valence-corrected chi connectivity index (χ2v) is 5.36. The highest BCUT2D eigenvalue weighted by Crippen LogP contribution is 2.27. The van der Waals surface area contributed by atoms with Gasteiger partial charge in [-0.05, 0) is 33.0 Å². The number of likely N-dealkylation sites (tertiary alicyclic amines) is 1. The fraction of sp³-hybridized carbons (Fsp3) is 0.714. The lowest BCUT2D eigenvalue weighted by Crippen LogP contribution is -2.36. The van der Waals surface area contributed by atoms with Gasteiger partial charge in [0.1, 0.15) is 0 Å². The third-order valence-electron chi connectivity index (χ3n) is 3.79. The number of halogens is 3. The van der Waals surface area contributed by atoms with Crippen LogP contribution in [0.2, 0.25) is 0 Å². The minimum absolute atomic E-state index is 0.0235. The second-order valence-electron chi connectivity index (χ2n) is 5.36. The first kappa shape index (κ1) is 16.2. The summed E-state index contributed by atoms with van der Waals surface area (Å²) in [6.07, 6.45) is 2.81. The molecule has 1 aliphatic rings. The van der Waals surface area contributed by atoms with Crippen molar-refractivity contribution in [3.05, 3.63) is 23.8 Å². The molecule has 0 spiro atoms. The lowest BCUT2D eigenvalue weighted by atomic mass is 10.1. The predicted molar refractivity (Wildman–Crippen MR) is 73.7 cm³/mol. The summed E-state index contributed by atoms with van der Waals surface area (Å²) in [6.45, 7) is 2.61. The Hall–Kier alpha value is -1.21. The lowest BCUT2D eigenvalue weighted by molar-refractivity contribution is -0.145. The van der Waals surface area contributed by atoms with Crippen LogP contribution in [0.4, 0.5) is 13.2 Å². The van der Waals surface area contributed by atoms with Gasteiger partial charge in [0.05, 0.1) is 6.04 Å². The maximum atomic E-state index is 12.5. The van der Waals surface area contributed by atoms with Crippen LogP contribution in [0.15, 0.2) is 12.4 Å². The number of likely N-dealkylation sites (N-methyl/N-ethyl adjacent to an activating group) is 1. The molecule has 0 aliphatic carbocycles. The largest absolute Gasteiger partial charge is 0.451 e. The van der Waals surface area contributed by atoms with Gasteiger partial charge >= 0.3 is 6.18 Å². The summed E-state index contributed by atoms with van der Waals surface area (Å²) in [7, 11) is 1.84. The zero-order chi connectivity index (χ0) is 15.3. The van der Waals surface area contributed by atoms with Crippen LogP contribution in [0.25, 0.3) is 0 Å². The number of aromatic nitrogens is 2. The highest BCUT2D eigenvalue weighted by molar-refractivity contribution is 5.13. The smallest absolute Gasteiger partial charge is 0.318 e. The Labute approximate surface area is 122 Å². The maximum absolute atomic E-state index is 12.5. The van der Waals surface area contributed by atoms with E-state index in [1.165, 1.54) is 25.2 Å². The molecule has 1 unspecified atom stereocenters. The molecule has 4 nitrogen and oxygen atoms in total. The molecule has 1 saturated heterocycles. The van der Waals surface area contributed by atoms with Crippen molar-refractivity contribution in [1.29, 1.82) is 0 Å². The minimum atomic E-state index is -4.49. The van der Waals surface area contributed by atoms with E-state index in [1.807, 2.05) is 7.05 Å². The zero-order valence-corrected chi connectivity index (χ0v) is 12.2. The average molecular weight is 302 g/mol. The lowest BCUT2D eigenvalue weighted by Gasteiger charge is -2.30. The van der Waals surface area contributed by atoms with E-state index in [1.54, 1.807) is 0 Å². The highest BCUT2D eigenvalue weighted by atomic mass is 19.4. The molecule has 7 heteroatoms. The van der Waals surface area contributed by atoms with Gasteiger partial charge in [0, 0.05) is 24.5 Å². The van der Waals surface area contributed by atoms with Crippen LogP contribution in [0.1, 0.15) is 43.1 Å². The van der Waals surface area contributed by atoms with Crippen molar-refractivity contribution < 1.29 is 13.2 Å². The Balaban J connectivity index is 2.17. The molecule has 0 saturated carbocycles. The molecule has 21 heavy (non-hydrogen) atoms. The average Bonchev–Trinajstić information content (AvgIpc) is 2.73. The Morgan fingerprint density at radius 3 is 2.19 bits per heavy atom. The minimum Gasteiger partial charge on any atom is -0.318 e. The van der Waals surface area contributed by atoms with Crippen LogP contribution in [-0.4, -0.2) is 41.5 Å². The van der Waals surface area contributed by atoms with E-state index in [2.05, 4.69) is 20.2 Å². The quantitative estimate of drug-likeness (QED) is 0.928. The van der Waals surface area contributed by atoms with Crippen LogP contribution in [0.5, 0.6) is 0 Å². The summed E-state index contributed by atoms with van der Waals surface area (Å²) in [6, 6.07) is 0.0235. The number of hydrogen-bond donors (Lipinski definition) is 1. The summed E-state index contributed by atoms with van der Waals surface area (Å²) in [5.74, 6) is -1.08. The van der Waals surface area contributed by atoms with Gasteiger partial charge in [-0.25, -0.2) is 9.97 Å². The molecule has 1 N–H and O–H groups in total. The van der Waals surface area contributed by atoms with Gasteiger partial charge in [0.2, 0.25) is 5.82 Å². The van der Waals surface area contributed by atoms with E-state index in [0.29, 0.717) is 6.54 Å². The molecule has 1 aromatic rings. The van der Waals surface area contributed by atoms with Gasteiger partial charge in [0.15, 0.2) is 0 Å². The molecule has 2 heterocycles.